The van der Waals surface area contributed by atoms with Crippen molar-refractivity contribution in [3.8, 4) is 5.75 Å². The lowest BCUT2D eigenvalue weighted by atomic mass is 10.0. The molecular weight excluding hydrogens is 390 g/mol. The summed E-state index contributed by atoms with van der Waals surface area (Å²) in [4.78, 5) is 26.9. The lowest BCUT2D eigenvalue weighted by Gasteiger charge is -2.18. The van der Waals surface area contributed by atoms with Crippen LogP contribution >= 0.6 is 0 Å². The summed E-state index contributed by atoms with van der Waals surface area (Å²) in [5.41, 5.74) is 5.79. The number of hydrogen-bond acceptors (Lipinski definition) is 4. The minimum atomic E-state index is -0.402. The van der Waals surface area contributed by atoms with Crippen molar-refractivity contribution in [3.05, 3.63) is 87.3 Å². The fourth-order valence-electron chi connectivity index (χ4n) is 3.98. The monoisotopic (exact) mass is 417 g/mol. The number of aromatic hydroxyl groups is 1. The summed E-state index contributed by atoms with van der Waals surface area (Å²) in [5, 5.41) is 12.4. The summed E-state index contributed by atoms with van der Waals surface area (Å²) < 4.78 is 1.34. The van der Waals surface area contributed by atoms with Gasteiger partial charge in [-0.3, -0.25) is 9.59 Å². The molecule has 31 heavy (non-hydrogen) atoms. The molecule has 6 heteroatoms. The van der Waals surface area contributed by atoms with Gasteiger partial charge in [0.25, 0.3) is 5.56 Å². The zero-order valence-corrected chi connectivity index (χ0v) is 18.1. The van der Waals surface area contributed by atoms with Crippen LogP contribution in [0.3, 0.4) is 0 Å². The Morgan fingerprint density at radius 1 is 1.03 bits per heavy atom. The number of amides is 1. The van der Waals surface area contributed by atoms with Crippen molar-refractivity contribution in [1.29, 1.82) is 0 Å². The second-order valence-corrected chi connectivity index (χ2v) is 8.41. The highest BCUT2D eigenvalue weighted by Crippen LogP contribution is 2.31. The summed E-state index contributed by atoms with van der Waals surface area (Å²) >= 11 is 0. The van der Waals surface area contributed by atoms with Crippen LogP contribution in [0, 0.1) is 6.92 Å². The first-order chi connectivity index (χ1) is 14.8. The van der Waals surface area contributed by atoms with Gasteiger partial charge in [-0.15, -0.1) is 0 Å². The average Bonchev–Trinajstić information content (AvgIpc) is 3.14. The Morgan fingerprint density at radius 3 is 2.42 bits per heavy atom. The molecule has 3 aromatic rings. The number of hydrogen-bond donors (Lipinski definition) is 2. The number of aromatic nitrogens is 1. The van der Waals surface area contributed by atoms with Gasteiger partial charge < -0.3 is 19.9 Å². The zero-order chi connectivity index (χ0) is 22.1. The minimum Gasteiger partial charge on any atom is -0.508 e. The smallest absolute Gasteiger partial charge is 0.254 e. The molecule has 160 valence electrons. The van der Waals surface area contributed by atoms with Crippen LogP contribution in [-0.4, -0.2) is 15.6 Å². The van der Waals surface area contributed by atoms with E-state index in [0.29, 0.717) is 17.3 Å². The average molecular weight is 418 g/mol. The predicted molar refractivity (Wildman–Crippen MR) is 123 cm³/mol. The molecule has 2 heterocycles. The Labute approximate surface area is 181 Å². The number of rotatable bonds is 5. The Bertz CT molecular complexity index is 1180. The molecular formula is C25H27N3O3. The SMILES string of the molecule is Cc1cc(O)cc(=O)n1CC(=O)Nc1ccc2c(c1)CN(c1ccc(C(C)C)cc1)C2. The summed E-state index contributed by atoms with van der Waals surface area (Å²) in [6.07, 6.45) is 0. The highest BCUT2D eigenvalue weighted by atomic mass is 16.3. The number of aryl methyl sites for hydroxylation is 1. The topological polar surface area (TPSA) is 74.6 Å². The summed E-state index contributed by atoms with van der Waals surface area (Å²) in [5.74, 6) is 0.133. The van der Waals surface area contributed by atoms with Crippen molar-refractivity contribution < 1.29 is 9.90 Å². The third-order valence-corrected chi connectivity index (χ3v) is 5.76. The molecule has 1 amide bonds. The first-order valence-electron chi connectivity index (χ1n) is 10.5. The van der Waals surface area contributed by atoms with Gasteiger partial charge in [0.15, 0.2) is 0 Å². The molecule has 0 atom stereocenters. The van der Waals surface area contributed by atoms with E-state index < -0.39 is 5.56 Å². The zero-order valence-electron chi connectivity index (χ0n) is 18.1. The number of nitrogens with one attached hydrogen (secondary N) is 1. The van der Waals surface area contributed by atoms with E-state index in [1.54, 1.807) is 6.92 Å². The van der Waals surface area contributed by atoms with E-state index in [4.69, 9.17) is 0 Å². The summed E-state index contributed by atoms with van der Waals surface area (Å²) in [7, 11) is 0. The fraction of sp³-hybridized carbons (Fsp3) is 0.280. The Kier molecular flexibility index (Phi) is 5.55. The molecule has 0 spiro atoms. The Hall–Kier alpha value is -3.54. The molecule has 0 saturated carbocycles. The van der Waals surface area contributed by atoms with E-state index in [1.807, 2.05) is 18.2 Å². The number of nitrogens with zero attached hydrogens (tertiary/aromatic N) is 2. The van der Waals surface area contributed by atoms with E-state index in [-0.39, 0.29) is 18.2 Å². The second kappa shape index (κ2) is 8.30. The van der Waals surface area contributed by atoms with Crippen molar-refractivity contribution in [3.63, 3.8) is 0 Å². The van der Waals surface area contributed by atoms with Gasteiger partial charge >= 0.3 is 0 Å². The summed E-state index contributed by atoms with van der Waals surface area (Å²) in [6, 6.07) is 17.2. The maximum Gasteiger partial charge on any atom is 0.254 e. The maximum atomic E-state index is 12.5. The third kappa shape index (κ3) is 4.48. The van der Waals surface area contributed by atoms with Crippen LogP contribution in [0.15, 0.2) is 59.4 Å². The predicted octanol–water partition coefficient (Wildman–Crippen LogP) is 4.14. The van der Waals surface area contributed by atoms with Crippen LogP contribution in [0.25, 0.3) is 0 Å². The molecule has 0 unspecified atom stereocenters. The molecule has 0 bridgehead atoms. The Balaban J connectivity index is 1.44. The first-order valence-corrected chi connectivity index (χ1v) is 10.5. The molecule has 0 radical (unpaired) electrons. The fourth-order valence-corrected chi connectivity index (χ4v) is 3.98. The van der Waals surface area contributed by atoms with Crippen molar-refractivity contribution in [2.75, 3.05) is 10.2 Å². The molecule has 4 rings (SSSR count). The molecule has 1 aliphatic rings. The highest BCUT2D eigenvalue weighted by molar-refractivity contribution is 5.90. The molecule has 1 aliphatic heterocycles. The van der Waals surface area contributed by atoms with Crippen LogP contribution in [0.4, 0.5) is 11.4 Å². The Morgan fingerprint density at radius 2 is 1.74 bits per heavy atom. The van der Waals surface area contributed by atoms with Crippen molar-refractivity contribution >= 4 is 17.3 Å². The van der Waals surface area contributed by atoms with Gasteiger partial charge in [-0.1, -0.05) is 32.0 Å². The van der Waals surface area contributed by atoms with Gasteiger partial charge in [-0.05, 0) is 59.9 Å². The van der Waals surface area contributed by atoms with Crippen LogP contribution < -0.4 is 15.8 Å². The van der Waals surface area contributed by atoms with Gasteiger partial charge in [-0.25, -0.2) is 0 Å². The first kappa shape index (κ1) is 20.7. The molecule has 0 fully saturated rings. The van der Waals surface area contributed by atoms with Crippen LogP contribution in [0.5, 0.6) is 5.75 Å². The van der Waals surface area contributed by atoms with Gasteiger partial charge in [0.05, 0.1) is 0 Å². The van der Waals surface area contributed by atoms with Crippen LogP contribution in [0.2, 0.25) is 0 Å². The summed E-state index contributed by atoms with van der Waals surface area (Å²) in [6.45, 7) is 7.59. The molecule has 1 aromatic heterocycles. The van der Waals surface area contributed by atoms with E-state index >= 15 is 0 Å². The minimum absolute atomic E-state index is 0.0961. The lowest BCUT2D eigenvalue weighted by Crippen LogP contribution is -2.28. The van der Waals surface area contributed by atoms with E-state index in [0.717, 1.165) is 19.2 Å². The number of fused-ring (bicyclic) bond motifs is 1. The number of carbonyl (C=O) groups is 1. The lowest BCUT2D eigenvalue weighted by molar-refractivity contribution is -0.116. The van der Waals surface area contributed by atoms with E-state index in [9.17, 15) is 14.7 Å². The highest BCUT2D eigenvalue weighted by Gasteiger charge is 2.20. The molecule has 0 saturated heterocycles. The van der Waals surface area contributed by atoms with Crippen molar-refractivity contribution in [2.45, 2.75) is 46.3 Å². The normalized spacial score (nSPS) is 12.8. The molecule has 2 N–H and O–H groups in total. The van der Waals surface area contributed by atoms with Crippen molar-refractivity contribution in [1.82, 2.24) is 4.57 Å². The molecule has 0 aliphatic carbocycles. The number of anilines is 2. The number of pyridine rings is 1. The van der Waals surface area contributed by atoms with Gasteiger partial charge in [0.2, 0.25) is 5.91 Å². The van der Waals surface area contributed by atoms with E-state index in [1.165, 1.54) is 33.0 Å². The molecule has 6 nitrogen and oxygen atoms in total. The van der Waals surface area contributed by atoms with Crippen LogP contribution in [-0.2, 0) is 24.4 Å². The van der Waals surface area contributed by atoms with Gasteiger partial charge in [0, 0.05) is 36.2 Å². The van der Waals surface area contributed by atoms with Crippen molar-refractivity contribution in [2.24, 2.45) is 0 Å². The molecule has 2 aromatic carbocycles. The maximum absolute atomic E-state index is 12.5. The van der Waals surface area contributed by atoms with E-state index in [2.05, 4.69) is 48.3 Å². The standard InChI is InChI=1S/C25H27N3O3/c1-16(2)18-5-8-22(9-6-18)27-13-19-4-7-21(11-20(19)14-27)26-24(30)15-28-17(3)10-23(29)12-25(28)31/h4-12,16,29H,13-15H2,1-3H3,(H,26,30). The van der Waals surface area contributed by atoms with Crippen LogP contribution in [0.1, 0.15) is 42.1 Å². The third-order valence-electron chi connectivity index (χ3n) is 5.76. The second-order valence-electron chi connectivity index (χ2n) is 8.41. The van der Waals surface area contributed by atoms with Gasteiger partial charge in [-0.2, -0.15) is 0 Å². The largest absolute Gasteiger partial charge is 0.508 e. The van der Waals surface area contributed by atoms with Gasteiger partial charge in [0.1, 0.15) is 12.3 Å². The quantitative estimate of drug-likeness (QED) is 0.654. The number of benzene rings is 2. The number of carbonyl (C=O) groups excluding carboxylic acids is 1.